The van der Waals surface area contributed by atoms with Crippen LogP contribution in [0.15, 0.2) is 29.4 Å². The van der Waals surface area contributed by atoms with E-state index in [0.717, 1.165) is 0 Å². The predicted molar refractivity (Wildman–Crippen MR) is 75.4 cm³/mol. The Morgan fingerprint density at radius 3 is 2.47 bits per heavy atom. The third-order valence-electron chi connectivity index (χ3n) is 2.57. The molecule has 0 aliphatic carbocycles. The molecule has 5 nitrogen and oxygen atoms in total. The molecule has 0 aromatic heterocycles. The second kappa shape index (κ2) is 5.73. The highest BCUT2D eigenvalue weighted by Crippen LogP contribution is 2.16. The van der Waals surface area contributed by atoms with Crippen molar-refractivity contribution < 1.29 is 10.0 Å². The molecule has 5 heteroatoms. The van der Waals surface area contributed by atoms with E-state index < -0.39 is 0 Å². The van der Waals surface area contributed by atoms with Crippen LogP contribution in [0.3, 0.4) is 0 Å². The summed E-state index contributed by atoms with van der Waals surface area (Å²) < 4.78 is 0. The normalized spacial score (nSPS) is 12.3. The molecule has 19 heavy (non-hydrogen) atoms. The third kappa shape index (κ3) is 4.28. The summed E-state index contributed by atoms with van der Waals surface area (Å²) in [4.78, 5) is 13.9. The summed E-state index contributed by atoms with van der Waals surface area (Å²) in [5.41, 5.74) is 6.60. The van der Waals surface area contributed by atoms with E-state index in [-0.39, 0.29) is 17.2 Å². The van der Waals surface area contributed by atoms with Crippen molar-refractivity contribution in [2.45, 2.75) is 20.8 Å². The highest BCUT2D eigenvalue weighted by molar-refractivity contribution is 6.01. The number of hydrogen-bond donors (Lipinski definition) is 2. The van der Waals surface area contributed by atoms with Crippen LogP contribution in [0.1, 0.15) is 36.7 Å². The van der Waals surface area contributed by atoms with Gasteiger partial charge in [0, 0.05) is 24.7 Å². The van der Waals surface area contributed by atoms with Gasteiger partial charge in [0.2, 0.25) is 0 Å². The van der Waals surface area contributed by atoms with Gasteiger partial charge < -0.3 is 15.8 Å². The van der Waals surface area contributed by atoms with Gasteiger partial charge in [0.05, 0.1) is 0 Å². The van der Waals surface area contributed by atoms with E-state index in [1.807, 2.05) is 0 Å². The van der Waals surface area contributed by atoms with Crippen LogP contribution in [0.4, 0.5) is 0 Å². The number of amides is 1. The number of oxime groups is 1. The Bertz CT molecular complexity index is 490. The van der Waals surface area contributed by atoms with E-state index in [9.17, 15) is 4.79 Å². The maximum atomic E-state index is 12.3. The van der Waals surface area contributed by atoms with Gasteiger partial charge in [-0.15, -0.1) is 0 Å². The van der Waals surface area contributed by atoms with Crippen molar-refractivity contribution >= 4 is 11.7 Å². The van der Waals surface area contributed by atoms with Gasteiger partial charge in [0.25, 0.3) is 5.91 Å². The fourth-order valence-corrected chi connectivity index (χ4v) is 1.87. The Balaban J connectivity index is 2.94. The number of benzene rings is 1. The molecular formula is C14H21N3O2. The van der Waals surface area contributed by atoms with Crippen LogP contribution in [0.25, 0.3) is 0 Å². The number of rotatable bonds is 3. The highest BCUT2D eigenvalue weighted by Gasteiger charge is 2.19. The number of carbonyl (C=O) groups is 1. The second-order valence-corrected chi connectivity index (χ2v) is 5.79. The molecule has 0 aliphatic rings. The molecule has 0 radical (unpaired) electrons. The summed E-state index contributed by atoms with van der Waals surface area (Å²) in [6.07, 6.45) is 0. The van der Waals surface area contributed by atoms with Crippen molar-refractivity contribution in [3.63, 3.8) is 0 Å². The summed E-state index contributed by atoms with van der Waals surface area (Å²) in [5.74, 6) is -0.0874. The minimum atomic E-state index is -0.0810. The third-order valence-corrected chi connectivity index (χ3v) is 2.57. The van der Waals surface area contributed by atoms with E-state index >= 15 is 0 Å². The summed E-state index contributed by atoms with van der Waals surface area (Å²) in [5, 5.41) is 11.6. The smallest absolute Gasteiger partial charge is 0.253 e. The van der Waals surface area contributed by atoms with Crippen molar-refractivity contribution in [1.82, 2.24) is 4.90 Å². The van der Waals surface area contributed by atoms with E-state index in [0.29, 0.717) is 17.7 Å². The summed E-state index contributed by atoms with van der Waals surface area (Å²) in [7, 11) is 1.77. The highest BCUT2D eigenvalue weighted by atomic mass is 16.4. The van der Waals surface area contributed by atoms with Gasteiger partial charge in [0.1, 0.15) is 0 Å². The lowest BCUT2D eigenvalue weighted by atomic mass is 9.96. The number of nitrogens with two attached hydrogens (primary N) is 1. The van der Waals surface area contributed by atoms with Crippen molar-refractivity contribution in [1.29, 1.82) is 0 Å². The summed E-state index contributed by atoms with van der Waals surface area (Å²) in [6, 6.07) is 6.74. The number of nitrogens with zero attached hydrogens (tertiary/aromatic N) is 2. The minimum absolute atomic E-state index is 0.00637. The molecule has 3 N–H and O–H groups in total. The molecule has 104 valence electrons. The molecular weight excluding hydrogens is 242 g/mol. The SMILES string of the molecule is CN(CC(C)(C)C)C(=O)c1cccc(C(N)=NO)c1. The molecule has 1 aromatic carbocycles. The topological polar surface area (TPSA) is 78.9 Å². The fraction of sp³-hybridized carbons (Fsp3) is 0.429. The molecule has 0 unspecified atom stereocenters. The standard InChI is InChI=1S/C14H21N3O2/c1-14(2,3)9-17(4)13(18)11-7-5-6-10(8-11)12(15)16-19/h5-8,19H,9H2,1-4H3,(H2,15,16). The fourth-order valence-electron chi connectivity index (χ4n) is 1.87. The Kier molecular flexibility index (Phi) is 4.53. The van der Waals surface area contributed by atoms with Crippen LogP contribution in [-0.2, 0) is 0 Å². The zero-order valence-electron chi connectivity index (χ0n) is 11.8. The molecule has 1 amide bonds. The maximum Gasteiger partial charge on any atom is 0.253 e. The van der Waals surface area contributed by atoms with Gasteiger partial charge in [-0.25, -0.2) is 0 Å². The van der Waals surface area contributed by atoms with Gasteiger partial charge in [0.15, 0.2) is 5.84 Å². The molecule has 0 heterocycles. The molecule has 0 spiro atoms. The van der Waals surface area contributed by atoms with Gasteiger partial charge in [-0.05, 0) is 17.5 Å². The zero-order valence-corrected chi connectivity index (χ0v) is 11.8. The molecule has 0 saturated heterocycles. The summed E-state index contributed by atoms with van der Waals surface area (Å²) in [6.45, 7) is 6.87. The molecule has 0 aliphatic heterocycles. The lowest BCUT2D eigenvalue weighted by molar-refractivity contribution is 0.0745. The van der Waals surface area contributed by atoms with Gasteiger partial charge in [-0.2, -0.15) is 0 Å². The van der Waals surface area contributed by atoms with Crippen LogP contribution < -0.4 is 5.73 Å². The van der Waals surface area contributed by atoms with E-state index in [1.165, 1.54) is 0 Å². The zero-order chi connectivity index (χ0) is 14.6. The first kappa shape index (κ1) is 15.0. The van der Waals surface area contributed by atoms with Crippen LogP contribution in [0.5, 0.6) is 0 Å². The Morgan fingerprint density at radius 2 is 1.95 bits per heavy atom. The average molecular weight is 263 g/mol. The van der Waals surface area contributed by atoms with Crippen LogP contribution in [0.2, 0.25) is 0 Å². The predicted octanol–water partition coefficient (Wildman–Crippen LogP) is 1.90. The van der Waals surface area contributed by atoms with Crippen LogP contribution >= 0.6 is 0 Å². The van der Waals surface area contributed by atoms with Crippen molar-refractivity contribution in [2.24, 2.45) is 16.3 Å². The second-order valence-electron chi connectivity index (χ2n) is 5.79. The van der Waals surface area contributed by atoms with Crippen molar-refractivity contribution in [3.8, 4) is 0 Å². The van der Waals surface area contributed by atoms with Crippen LogP contribution in [-0.4, -0.2) is 35.4 Å². The lowest BCUT2D eigenvalue weighted by Gasteiger charge is -2.26. The largest absolute Gasteiger partial charge is 0.409 e. The molecule has 0 saturated carbocycles. The first-order valence-electron chi connectivity index (χ1n) is 6.08. The first-order chi connectivity index (χ1) is 8.74. The van der Waals surface area contributed by atoms with Gasteiger partial charge in [-0.3, -0.25) is 4.79 Å². The van der Waals surface area contributed by atoms with Gasteiger partial charge >= 0.3 is 0 Å². The van der Waals surface area contributed by atoms with E-state index in [2.05, 4.69) is 25.9 Å². The molecule has 1 rings (SSSR count). The number of hydrogen-bond acceptors (Lipinski definition) is 3. The molecule has 0 atom stereocenters. The quantitative estimate of drug-likeness (QED) is 0.378. The maximum absolute atomic E-state index is 12.3. The first-order valence-corrected chi connectivity index (χ1v) is 6.08. The Morgan fingerprint density at radius 1 is 1.37 bits per heavy atom. The average Bonchev–Trinajstić information content (AvgIpc) is 2.35. The Labute approximate surface area is 113 Å². The monoisotopic (exact) mass is 263 g/mol. The number of amidine groups is 1. The minimum Gasteiger partial charge on any atom is -0.409 e. The lowest BCUT2D eigenvalue weighted by Crippen LogP contribution is -2.34. The van der Waals surface area contributed by atoms with E-state index in [1.54, 1.807) is 36.2 Å². The molecule has 0 fully saturated rings. The molecule has 0 bridgehead atoms. The number of carbonyl (C=O) groups excluding carboxylic acids is 1. The van der Waals surface area contributed by atoms with Gasteiger partial charge in [-0.1, -0.05) is 38.1 Å². The van der Waals surface area contributed by atoms with Crippen molar-refractivity contribution in [2.75, 3.05) is 13.6 Å². The van der Waals surface area contributed by atoms with Crippen molar-refractivity contribution in [3.05, 3.63) is 35.4 Å². The summed E-state index contributed by atoms with van der Waals surface area (Å²) >= 11 is 0. The molecule has 1 aromatic rings. The van der Waals surface area contributed by atoms with Crippen LogP contribution in [0, 0.1) is 5.41 Å². The van der Waals surface area contributed by atoms with E-state index in [4.69, 9.17) is 10.9 Å². The Hall–Kier alpha value is -2.04.